The van der Waals surface area contributed by atoms with Crippen LogP contribution in [0.25, 0.3) is 0 Å². The number of rotatable bonds is 7. The smallest absolute Gasteiger partial charge is 0.309 e. The van der Waals surface area contributed by atoms with E-state index < -0.39 is 17.9 Å². The minimum atomic E-state index is -0.916. The van der Waals surface area contributed by atoms with Crippen molar-refractivity contribution in [3.05, 3.63) is 82.9 Å². The molecule has 8 heteroatoms. The Labute approximate surface area is 215 Å². The van der Waals surface area contributed by atoms with E-state index in [-0.39, 0.29) is 25.2 Å². The highest BCUT2D eigenvalue weighted by molar-refractivity contribution is 5.92. The molecule has 2 aliphatic heterocycles. The Morgan fingerprint density at radius 2 is 1.70 bits per heavy atom. The Kier molecular flexibility index (Phi) is 6.76. The molecule has 1 saturated heterocycles. The maximum atomic E-state index is 13.2. The molecule has 3 aromatic carbocycles. The second-order valence-electron chi connectivity index (χ2n) is 9.58. The first kappa shape index (κ1) is 24.6. The van der Waals surface area contributed by atoms with E-state index in [1.54, 1.807) is 7.11 Å². The van der Waals surface area contributed by atoms with Crippen LogP contribution in [0.1, 0.15) is 34.2 Å². The van der Waals surface area contributed by atoms with Crippen LogP contribution in [0.5, 0.6) is 17.2 Å². The number of carboxylic acid groups (broad SMARTS) is 1. The lowest BCUT2D eigenvalue weighted by molar-refractivity contribution is -0.143. The summed E-state index contributed by atoms with van der Waals surface area (Å²) in [6.45, 7) is 4.61. The number of ether oxygens (including phenoxy) is 3. The van der Waals surface area contributed by atoms with E-state index in [1.165, 1.54) is 0 Å². The van der Waals surface area contributed by atoms with Crippen LogP contribution >= 0.6 is 0 Å². The number of nitrogens with zero attached hydrogens (tertiary/aromatic N) is 1. The summed E-state index contributed by atoms with van der Waals surface area (Å²) in [6, 6.07) is 18.2. The molecule has 0 unspecified atom stereocenters. The minimum absolute atomic E-state index is 0.0501. The van der Waals surface area contributed by atoms with E-state index in [9.17, 15) is 14.7 Å². The van der Waals surface area contributed by atoms with Crippen molar-refractivity contribution in [1.29, 1.82) is 0 Å². The largest absolute Gasteiger partial charge is 0.497 e. The number of aryl methyl sites for hydroxylation is 2. The van der Waals surface area contributed by atoms with E-state index in [4.69, 9.17) is 14.2 Å². The average Bonchev–Trinajstić information content (AvgIpc) is 3.50. The Morgan fingerprint density at radius 3 is 2.41 bits per heavy atom. The Balaban J connectivity index is 1.47. The van der Waals surface area contributed by atoms with Crippen LogP contribution in [0, 0.1) is 19.8 Å². The predicted octanol–water partition coefficient (Wildman–Crippen LogP) is 4.52. The molecule has 0 bridgehead atoms. The number of anilines is 1. The molecule has 0 radical (unpaired) electrons. The van der Waals surface area contributed by atoms with Gasteiger partial charge in [0.15, 0.2) is 11.5 Å². The number of carboxylic acids is 1. The highest BCUT2D eigenvalue weighted by Crippen LogP contribution is 2.47. The lowest BCUT2D eigenvalue weighted by Gasteiger charge is -2.27. The zero-order valence-electron chi connectivity index (χ0n) is 21.1. The number of benzene rings is 3. The molecule has 2 heterocycles. The topological polar surface area (TPSA) is 97.3 Å². The van der Waals surface area contributed by atoms with Gasteiger partial charge in [0.2, 0.25) is 12.7 Å². The van der Waals surface area contributed by atoms with Crippen molar-refractivity contribution in [3.8, 4) is 17.2 Å². The monoisotopic (exact) mass is 502 g/mol. The summed E-state index contributed by atoms with van der Waals surface area (Å²) in [5.41, 5.74) is 4.61. The van der Waals surface area contributed by atoms with Crippen molar-refractivity contribution in [2.75, 3.05) is 32.3 Å². The third kappa shape index (κ3) is 4.97. The molecule has 192 valence electrons. The van der Waals surface area contributed by atoms with Crippen LogP contribution in [0.4, 0.5) is 5.69 Å². The first-order valence-corrected chi connectivity index (χ1v) is 12.2. The van der Waals surface area contributed by atoms with Gasteiger partial charge < -0.3 is 24.6 Å². The molecule has 2 aliphatic rings. The molecule has 8 nitrogen and oxygen atoms in total. The number of likely N-dealkylation sites (tertiary alicyclic amines) is 1. The third-order valence-corrected chi connectivity index (χ3v) is 7.30. The van der Waals surface area contributed by atoms with Crippen LogP contribution in [0.15, 0.2) is 60.7 Å². The van der Waals surface area contributed by atoms with Gasteiger partial charge in [0.05, 0.1) is 19.6 Å². The van der Waals surface area contributed by atoms with E-state index in [0.717, 1.165) is 27.9 Å². The SMILES string of the molecule is COc1ccc([C@H]2[C@H](C(=O)O)[C@@H](c3ccc4c(c3)OCO4)CN2CC(=O)Nc2ccc(C)c(C)c2)cc1. The molecule has 0 aliphatic carbocycles. The second-order valence-corrected chi connectivity index (χ2v) is 9.58. The number of amides is 1. The second kappa shape index (κ2) is 10.1. The molecular formula is C29H30N2O6. The van der Waals surface area contributed by atoms with Gasteiger partial charge in [-0.15, -0.1) is 0 Å². The molecule has 1 amide bonds. The van der Waals surface area contributed by atoms with Gasteiger partial charge in [0.1, 0.15) is 5.75 Å². The number of fused-ring (bicyclic) bond motifs is 1. The van der Waals surface area contributed by atoms with Crippen molar-refractivity contribution in [3.63, 3.8) is 0 Å². The molecule has 1 fully saturated rings. The van der Waals surface area contributed by atoms with Gasteiger partial charge in [0, 0.05) is 24.2 Å². The predicted molar refractivity (Wildman–Crippen MR) is 138 cm³/mol. The molecule has 37 heavy (non-hydrogen) atoms. The van der Waals surface area contributed by atoms with E-state index in [2.05, 4.69) is 5.32 Å². The van der Waals surface area contributed by atoms with E-state index in [1.807, 2.05) is 79.4 Å². The maximum absolute atomic E-state index is 13.2. The van der Waals surface area contributed by atoms with Crippen molar-refractivity contribution >= 4 is 17.6 Å². The number of methoxy groups -OCH3 is 1. The summed E-state index contributed by atoms with van der Waals surface area (Å²) in [5.74, 6) is -0.312. The first-order chi connectivity index (χ1) is 17.8. The maximum Gasteiger partial charge on any atom is 0.309 e. The number of nitrogens with one attached hydrogen (secondary N) is 1. The highest BCUT2D eigenvalue weighted by atomic mass is 16.7. The number of hydrogen-bond acceptors (Lipinski definition) is 6. The van der Waals surface area contributed by atoms with E-state index in [0.29, 0.717) is 23.8 Å². The zero-order chi connectivity index (χ0) is 26.1. The third-order valence-electron chi connectivity index (χ3n) is 7.30. The lowest BCUT2D eigenvalue weighted by Crippen LogP contribution is -2.35. The van der Waals surface area contributed by atoms with Gasteiger partial charge in [-0.05, 0) is 72.5 Å². The molecule has 5 rings (SSSR count). The average molecular weight is 503 g/mol. The number of aliphatic carboxylic acids is 1. The fourth-order valence-electron chi connectivity index (χ4n) is 5.28. The number of hydrogen-bond donors (Lipinski definition) is 2. The number of carbonyl (C=O) groups excluding carboxylic acids is 1. The molecular weight excluding hydrogens is 472 g/mol. The van der Waals surface area contributed by atoms with Crippen molar-refractivity contribution in [1.82, 2.24) is 4.90 Å². The van der Waals surface area contributed by atoms with Gasteiger partial charge in [-0.1, -0.05) is 24.3 Å². The summed E-state index contributed by atoms with van der Waals surface area (Å²) in [5, 5.41) is 13.4. The molecule has 0 saturated carbocycles. The zero-order valence-corrected chi connectivity index (χ0v) is 21.1. The van der Waals surface area contributed by atoms with Crippen molar-refractivity contribution in [2.45, 2.75) is 25.8 Å². The summed E-state index contributed by atoms with van der Waals surface area (Å²) < 4.78 is 16.3. The van der Waals surface area contributed by atoms with Crippen LogP contribution < -0.4 is 19.5 Å². The van der Waals surface area contributed by atoms with Crippen LogP contribution in [0.2, 0.25) is 0 Å². The highest BCUT2D eigenvalue weighted by Gasteiger charge is 2.48. The summed E-state index contributed by atoms with van der Waals surface area (Å²) in [6.07, 6.45) is 0. The molecule has 2 N–H and O–H groups in total. The van der Waals surface area contributed by atoms with Crippen molar-refractivity contribution in [2.24, 2.45) is 5.92 Å². The molecule has 0 aromatic heterocycles. The van der Waals surface area contributed by atoms with E-state index >= 15 is 0 Å². The molecule has 0 spiro atoms. The van der Waals surface area contributed by atoms with Crippen molar-refractivity contribution < 1.29 is 28.9 Å². The lowest BCUT2D eigenvalue weighted by atomic mass is 9.82. The van der Waals surface area contributed by atoms with Gasteiger partial charge in [-0.25, -0.2) is 0 Å². The Hall–Kier alpha value is -4.04. The fraction of sp³-hybridized carbons (Fsp3) is 0.310. The summed E-state index contributed by atoms with van der Waals surface area (Å²) in [7, 11) is 1.59. The first-order valence-electron chi connectivity index (χ1n) is 12.2. The normalized spacial score (nSPS) is 20.6. The number of carbonyl (C=O) groups is 2. The molecule has 3 atom stereocenters. The Morgan fingerprint density at radius 1 is 0.973 bits per heavy atom. The van der Waals surface area contributed by atoms with Crippen LogP contribution in [-0.2, 0) is 9.59 Å². The fourth-order valence-corrected chi connectivity index (χ4v) is 5.28. The Bertz CT molecular complexity index is 1320. The van der Waals surface area contributed by atoms with Crippen LogP contribution in [-0.4, -0.2) is 48.9 Å². The standard InChI is InChI=1S/C29H30N2O6/c1-17-4-8-21(12-18(17)2)30-26(32)15-31-14-23(20-7-11-24-25(13-20)37-16-36-24)27(29(33)34)28(31)19-5-9-22(35-3)10-6-19/h4-13,23,27-28H,14-16H2,1-3H3,(H,30,32)(H,33,34)/t23-,27-,28+/m1/s1. The summed E-state index contributed by atoms with van der Waals surface area (Å²) in [4.78, 5) is 27.8. The van der Waals surface area contributed by atoms with Gasteiger partial charge in [0.25, 0.3) is 0 Å². The van der Waals surface area contributed by atoms with Gasteiger partial charge >= 0.3 is 5.97 Å². The minimum Gasteiger partial charge on any atom is -0.497 e. The quantitative estimate of drug-likeness (QED) is 0.490. The van der Waals surface area contributed by atoms with Crippen LogP contribution in [0.3, 0.4) is 0 Å². The summed E-state index contributed by atoms with van der Waals surface area (Å²) >= 11 is 0. The molecule has 3 aromatic rings. The van der Waals surface area contributed by atoms with Gasteiger partial charge in [-0.2, -0.15) is 0 Å². The van der Waals surface area contributed by atoms with Gasteiger partial charge in [-0.3, -0.25) is 14.5 Å².